The molecule has 0 N–H and O–H groups in total. The van der Waals surface area contributed by atoms with Crippen LogP contribution in [0.2, 0.25) is 0 Å². The lowest BCUT2D eigenvalue weighted by molar-refractivity contribution is -0.144. The second kappa shape index (κ2) is 6.80. The van der Waals surface area contributed by atoms with E-state index >= 15 is 0 Å². The number of fused-ring (bicyclic) bond motifs is 1. The molecule has 0 aromatic carbocycles. The number of hydrogen-bond acceptors (Lipinski definition) is 4. The molecule has 148 valence electrons. The Morgan fingerprint density at radius 1 is 1.19 bits per heavy atom. The van der Waals surface area contributed by atoms with Crippen LogP contribution in [0.1, 0.15) is 44.9 Å². The van der Waals surface area contributed by atoms with Crippen molar-refractivity contribution in [1.82, 2.24) is 24.1 Å². The van der Waals surface area contributed by atoms with Crippen molar-refractivity contribution in [1.29, 1.82) is 0 Å². The Hall–Kier alpha value is -2.12. The number of likely N-dealkylation sites (tertiary alicyclic amines) is 2. The van der Waals surface area contributed by atoms with Gasteiger partial charge >= 0.3 is 5.69 Å². The van der Waals surface area contributed by atoms with Crippen LogP contribution in [0.3, 0.4) is 0 Å². The molecule has 1 aromatic heterocycles. The monoisotopic (exact) mass is 375 g/mol. The second-order valence-corrected chi connectivity index (χ2v) is 8.40. The molecule has 4 heterocycles. The first-order chi connectivity index (χ1) is 12.9. The predicted octanol–water partition coefficient (Wildman–Crippen LogP) is 0.395. The van der Waals surface area contributed by atoms with Crippen LogP contribution in [-0.2, 0) is 29.6 Å². The summed E-state index contributed by atoms with van der Waals surface area (Å²) < 4.78 is 3.01. The average Bonchev–Trinajstić information content (AvgIpc) is 2.97. The van der Waals surface area contributed by atoms with E-state index < -0.39 is 0 Å². The van der Waals surface area contributed by atoms with Crippen molar-refractivity contribution in [2.45, 2.75) is 52.0 Å². The molecule has 8 heteroatoms. The Labute approximate surface area is 159 Å². The zero-order chi connectivity index (χ0) is 19.2. The van der Waals surface area contributed by atoms with Crippen LogP contribution in [0.5, 0.6) is 0 Å². The highest BCUT2D eigenvalue weighted by Crippen LogP contribution is 2.40. The van der Waals surface area contributed by atoms with Crippen LogP contribution < -0.4 is 5.69 Å². The van der Waals surface area contributed by atoms with E-state index in [1.165, 1.54) is 4.68 Å². The molecule has 0 aliphatic carbocycles. The standard InChI is InChI=1S/C19H29N5O3/c1-3-22-13-19(7-6-16(22)25)8-10-23(11-9-19)17(26)14-4-5-15-20-21(2)18(27)24(15)12-14/h14H,3-13H2,1-2H3. The van der Waals surface area contributed by atoms with Crippen molar-refractivity contribution < 1.29 is 9.59 Å². The van der Waals surface area contributed by atoms with Gasteiger partial charge in [-0.1, -0.05) is 0 Å². The van der Waals surface area contributed by atoms with E-state index in [-0.39, 0.29) is 28.8 Å². The summed E-state index contributed by atoms with van der Waals surface area (Å²) in [5.74, 6) is 1.09. The van der Waals surface area contributed by atoms with Crippen molar-refractivity contribution in [2.75, 3.05) is 26.2 Å². The third kappa shape index (κ3) is 3.19. The fraction of sp³-hybridized carbons (Fsp3) is 0.789. The van der Waals surface area contributed by atoms with Gasteiger partial charge in [-0.25, -0.2) is 9.48 Å². The molecule has 0 radical (unpaired) electrons. The topological polar surface area (TPSA) is 80.4 Å². The summed E-state index contributed by atoms with van der Waals surface area (Å²) in [6.07, 6.45) is 4.95. The van der Waals surface area contributed by atoms with Crippen molar-refractivity contribution in [3.8, 4) is 0 Å². The van der Waals surface area contributed by atoms with E-state index in [9.17, 15) is 14.4 Å². The lowest BCUT2D eigenvalue weighted by Gasteiger charge is -2.47. The van der Waals surface area contributed by atoms with Gasteiger partial charge in [0.25, 0.3) is 0 Å². The highest BCUT2D eigenvalue weighted by atomic mass is 16.2. The first-order valence-corrected chi connectivity index (χ1v) is 10.1. The molecule has 2 saturated heterocycles. The lowest BCUT2D eigenvalue weighted by atomic mass is 9.72. The molecule has 1 spiro atoms. The molecular weight excluding hydrogens is 346 g/mol. The van der Waals surface area contributed by atoms with Gasteiger partial charge in [-0.15, -0.1) is 0 Å². The summed E-state index contributed by atoms with van der Waals surface area (Å²) in [4.78, 5) is 41.1. The summed E-state index contributed by atoms with van der Waals surface area (Å²) in [6.45, 7) is 5.61. The number of amides is 2. The van der Waals surface area contributed by atoms with Gasteiger partial charge in [0.05, 0.1) is 5.92 Å². The van der Waals surface area contributed by atoms with Gasteiger partial charge in [-0.2, -0.15) is 5.10 Å². The van der Waals surface area contributed by atoms with Crippen LogP contribution in [0.25, 0.3) is 0 Å². The largest absolute Gasteiger partial charge is 0.345 e. The summed E-state index contributed by atoms with van der Waals surface area (Å²) in [5.41, 5.74) is 0.0485. The SMILES string of the molecule is CCN1CC2(CCC1=O)CCN(C(=O)C1CCc3nn(C)c(=O)n3C1)CC2. The molecule has 3 aliphatic heterocycles. The molecule has 1 atom stereocenters. The predicted molar refractivity (Wildman–Crippen MR) is 99.0 cm³/mol. The Balaban J connectivity index is 1.39. The number of nitrogens with zero attached hydrogens (tertiary/aromatic N) is 5. The number of carbonyl (C=O) groups is 2. The summed E-state index contributed by atoms with van der Waals surface area (Å²) in [7, 11) is 1.66. The summed E-state index contributed by atoms with van der Waals surface area (Å²) >= 11 is 0. The Bertz CT molecular complexity index is 803. The van der Waals surface area contributed by atoms with Gasteiger partial charge in [0.2, 0.25) is 11.8 Å². The van der Waals surface area contributed by atoms with Crippen LogP contribution in [0.15, 0.2) is 4.79 Å². The van der Waals surface area contributed by atoms with Crippen molar-refractivity contribution >= 4 is 11.8 Å². The fourth-order valence-corrected chi connectivity index (χ4v) is 5.00. The first-order valence-electron chi connectivity index (χ1n) is 10.1. The molecule has 4 rings (SSSR count). The molecule has 2 amide bonds. The lowest BCUT2D eigenvalue weighted by Crippen LogP contribution is -2.53. The molecule has 3 aliphatic rings. The van der Waals surface area contributed by atoms with Gasteiger partial charge < -0.3 is 9.80 Å². The first kappa shape index (κ1) is 18.3. The van der Waals surface area contributed by atoms with E-state index in [2.05, 4.69) is 5.10 Å². The Kier molecular flexibility index (Phi) is 4.60. The summed E-state index contributed by atoms with van der Waals surface area (Å²) in [5, 5.41) is 4.25. The van der Waals surface area contributed by atoms with E-state index in [0.29, 0.717) is 19.4 Å². The minimum absolute atomic E-state index is 0.131. The van der Waals surface area contributed by atoms with Crippen LogP contribution in [0, 0.1) is 11.3 Å². The number of piperidine rings is 2. The number of aromatic nitrogens is 3. The zero-order valence-electron chi connectivity index (χ0n) is 16.3. The zero-order valence-corrected chi connectivity index (χ0v) is 16.3. The van der Waals surface area contributed by atoms with E-state index in [0.717, 1.165) is 57.7 Å². The average molecular weight is 375 g/mol. The van der Waals surface area contributed by atoms with Gasteiger partial charge in [0.15, 0.2) is 0 Å². The number of carbonyl (C=O) groups excluding carboxylic acids is 2. The molecule has 2 fully saturated rings. The molecular formula is C19H29N5O3. The minimum atomic E-state index is -0.133. The third-order valence-corrected chi connectivity index (χ3v) is 6.82. The molecule has 1 unspecified atom stereocenters. The quantitative estimate of drug-likeness (QED) is 0.749. The fourth-order valence-electron chi connectivity index (χ4n) is 5.00. The molecule has 8 nitrogen and oxygen atoms in total. The second-order valence-electron chi connectivity index (χ2n) is 8.40. The smallest absolute Gasteiger partial charge is 0.342 e. The van der Waals surface area contributed by atoms with Gasteiger partial charge in [0, 0.05) is 52.6 Å². The van der Waals surface area contributed by atoms with E-state index in [1.54, 1.807) is 11.6 Å². The number of rotatable bonds is 2. The Morgan fingerprint density at radius 2 is 1.93 bits per heavy atom. The van der Waals surface area contributed by atoms with Crippen LogP contribution in [0.4, 0.5) is 0 Å². The number of aryl methyl sites for hydroxylation is 2. The van der Waals surface area contributed by atoms with Crippen LogP contribution >= 0.6 is 0 Å². The van der Waals surface area contributed by atoms with Crippen molar-refractivity contribution in [3.05, 3.63) is 16.3 Å². The van der Waals surface area contributed by atoms with E-state index in [4.69, 9.17) is 0 Å². The highest BCUT2D eigenvalue weighted by molar-refractivity contribution is 5.79. The maximum Gasteiger partial charge on any atom is 0.345 e. The normalized spacial score (nSPS) is 25.0. The van der Waals surface area contributed by atoms with Crippen molar-refractivity contribution in [2.24, 2.45) is 18.4 Å². The molecule has 27 heavy (non-hydrogen) atoms. The molecule has 1 aromatic rings. The molecule has 0 bridgehead atoms. The van der Waals surface area contributed by atoms with Crippen molar-refractivity contribution in [3.63, 3.8) is 0 Å². The number of hydrogen-bond donors (Lipinski definition) is 0. The molecule has 0 saturated carbocycles. The third-order valence-electron chi connectivity index (χ3n) is 6.82. The van der Waals surface area contributed by atoms with Crippen LogP contribution in [-0.4, -0.2) is 62.1 Å². The Morgan fingerprint density at radius 3 is 2.63 bits per heavy atom. The van der Waals surface area contributed by atoms with Gasteiger partial charge in [-0.05, 0) is 38.0 Å². The van der Waals surface area contributed by atoms with E-state index in [1.807, 2.05) is 16.7 Å². The highest BCUT2D eigenvalue weighted by Gasteiger charge is 2.42. The maximum atomic E-state index is 13.0. The maximum absolute atomic E-state index is 13.0. The minimum Gasteiger partial charge on any atom is -0.342 e. The van der Waals surface area contributed by atoms with Gasteiger partial charge in [0.1, 0.15) is 5.82 Å². The summed E-state index contributed by atoms with van der Waals surface area (Å²) in [6, 6.07) is 0. The van der Waals surface area contributed by atoms with Gasteiger partial charge in [-0.3, -0.25) is 14.2 Å².